The predicted molar refractivity (Wildman–Crippen MR) is 77.2 cm³/mol. The molecule has 2 amide bonds. The third-order valence-electron chi connectivity index (χ3n) is 2.73. The monoisotopic (exact) mass is 262 g/mol. The molecule has 0 aliphatic rings. The normalized spacial score (nSPS) is 10.1. The molecule has 0 bridgehead atoms. The first kappa shape index (κ1) is 15.2. The molecule has 0 unspecified atom stereocenters. The van der Waals surface area contributed by atoms with Crippen molar-refractivity contribution in [3.63, 3.8) is 0 Å². The number of nitrogens with zero attached hydrogens (tertiary/aromatic N) is 1. The van der Waals surface area contributed by atoms with Crippen LogP contribution in [0.2, 0.25) is 0 Å². The zero-order valence-electron chi connectivity index (χ0n) is 11.9. The highest BCUT2D eigenvalue weighted by atomic mass is 16.2. The third kappa shape index (κ3) is 4.73. The quantitative estimate of drug-likeness (QED) is 0.857. The zero-order valence-corrected chi connectivity index (χ0v) is 11.9. The van der Waals surface area contributed by atoms with E-state index in [9.17, 15) is 9.59 Å². The van der Waals surface area contributed by atoms with Gasteiger partial charge in [0.25, 0.3) is 5.91 Å². The Morgan fingerprint density at radius 3 is 2.00 bits per heavy atom. The maximum absolute atomic E-state index is 12.3. The predicted octanol–water partition coefficient (Wildman–Crippen LogP) is 2.91. The van der Waals surface area contributed by atoms with E-state index in [1.54, 1.807) is 24.3 Å². The highest BCUT2D eigenvalue weighted by Crippen LogP contribution is 2.12. The molecule has 4 heteroatoms. The molecular weight excluding hydrogens is 240 g/mol. The van der Waals surface area contributed by atoms with E-state index < -0.39 is 0 Å². The third-order valence-corrected chi connectivity index (χ3v) is 2.73. The van der Waals surface area contributed by atoms with Crippen molar-refractivity contribution in [1.82, 2.24) is 4.90 Å². The Morgan fingerprint density at radius 2 is 1.58 bits per heavy atom. The van der Waals surface area contributed by atoms with Crippen LogP contribution in [0.5, 0.6) is 0 Å². The highest BCUT2D eigenvalue weighted by molar-refractivity contribution is 5.95. The lowest BCUT2D eigenvalue weighted by Gasteiger charge is -2.21. The van der Waals surface area contributed by atoms with Crippen molar-refractivity contribution in [3.05, 3.63) is 29.8 Å². The molecule has 1 aromatic carbocycles. The smallest absolute Gasteiger partial charge is 0.253 e. The molecule has 0 aliphatic carbocycles. The van der Waals surface area contributed by atoms with Crippen molar-refractivity contribution in [1.29, 1.82) is 0 Å². The van der Waals surface area contributed by atoms with Crippen molar-refractivity contribution >= 4 is 17.5 Å². The van der Waals surface area contributed by atoms with Crippen molar-refractivity contribution in [2.45, 2.75) is 33.6 Å². The molecule has 104 valence electrons. The SMILES string of the molecule is CCCN(CCC)C(=O)c1ccc(NC(C)=O)cc1. The van der Waals surface area contributed by atoms with E-state index in [0.29, 0.717) is 11.3 Å². The number of nitrogens with one attached hydrogen (secondary N) is 1. The van der Waals surface area contributed by atoms with Crippen LogP contribution in [0.4, 0.5) is 5.69 Å². The van der Waals surface area contributed by atoms with Crippen LogP contribution >= 0.6 is 0 Å². The number of hydrogen-bond acceptors (Lipinski definition) is 2. The van der Waals surface area contributed by atoms with Gasteiger partial charge in [-0.1, -0.05) is 13.8 Å². The first-order chi connectivity index (χ1) is 9.08. The first-order valence-corrected chi connectivity index (χ1v) is 6.75. The summed E-state index contributed by atoms with van der Waals surface area (Å²) >= 11 is 0. The Balaban J connectivity index is 2.77. The Kier molecular flexibility index (Phi) is 6.06. The molecule has 0 aromatic heterocycles. The van der Waals surface area contributed by atoms with E-state index in [4.69, 9.17) is 0 Å². The molecule has 4 nitrogen and oxygen atoms in total. The van der Waals surface area contributed by atoms with Crippen LogP contribution in [0, 0.1) is 0 Å². The van der Waals surface area contributed by atoms with Gasteiger partial charge < -0.3 is 10.2 Å². The van der Waals surface area contributed by atoms with Gasteiger partial charge in [0.2, 0.25) is 5.91 Å². The van der Waals surface area contributed by atoms with Crippen LogP contribution < -0.4 is 5.32 Å². The zero-order chi connectivity index (χ0) is 14.3. The summed E-state index contributed by atoms with van der Waals surface area (Å²) in [6.07, 6.45) is 1.91. The van der Waals surface area contributed by atoms with Gasteiger partial charge in [-0.15, -0.1) is 0 Å². The van der Waals surface area contributed by atoms with Gasteiger partial charge in [0.15, 0.2) is 0 Å². The van der Waals surface area contributed by atoms with Crippen LogP contribution in [0.3, 0.4) is 0 Å². The van der Waals surface area contributed by atoms with Gasteiger partial charge in [-0.25, -0.2) is 0 Å². The number of hydrogen-bond donors (Lipinski definition) is 1. The second-order valence-corrected chi connectivity index (χ2v) is 4.55. The van der Waals surface area contributed by atoms with E-state index in [-0.39, 0.29) is 11.8 Å². The van der Waals surface area contributed by atoms with Crippen molar-refractivity contribution in [3.8, 4) is 0 Å². The maximum atomic E-state index is 12.3. The van der Waals surface area contributed by atoms with Crippen molar-refractivity contribution < 1.29 is 9.59 Å². The summed E-state index contributed by atoms with van der Waals surface area (Å²) in [5.41, 5.74) is 1.37. The number of anilines is 1. The molecule has 0 fully saturated rings. The molecule has 0 heterocycles. The number of benzene rings is 1. The largest absolute Gasteiger partial charge is 0.339 e. The summed E-state index contributed by atoms with van der Waals surface area (Å²) in [6.45, 7) is 7.15. The Labute approximate surface area is 114 Å². The van der Waals surface area contributed by atoms with E-state index in [1.165, 1.54) is 6.92 Å². The van der Waals surface area contributed by atoms with Gasteiger partial charge in [0.1, 0.15) is 0 Å². The van der Waals surface area contributed by atoms with Crippen molar-refractivity contribution in [2.75, 3.05) is 18.4 Å². The Hall–Kier alpha value is -1.84. The van der Waals surface area contributed by atoms with Gasteiger partial charge in [0.05, 0.1) is 0 Å². The molecule has 1 aromatic rings. The maximum Gasteiger partial charge on any atom is 0.253 e. The van der Waals surface area contributed by atoms with Crippen LogP contribution in [-0.2, 0) is 4.79 Å². The van der Waals surface area contributed by atoms with E-state index in [2.05, 4.69) is 19.2 Å². The average Bonchev–Trinajstić information content (AvgIpc) is 2.38. The minimum absolute atomic E-state index is 0.0538. The molecule has 0 spiro atoms. The molecule has 19 heavy (non-hydrogen) atoms. The highest BCUT2D eigenvalue weighted by Gasteiger charge is 2.13. The van der Waals surface area contributed by atoms with Gasteiger partial charge in [-0.05, 0) is 37.1 Å². The minimum atomic E-state index is -0.113. The van der Waals surface area contributed by atoms with Gasteiger partial charge in [0, 0.05) is 31.3 Å². The second kappa shape index (κ2) is 7.56. The summed E-state index contributed by atoms with van der Waals surface area (Å²) in [4.78, 5) is 25.1. The van der Waals surface area contributed by atoms with Gasteiger partial charge in [-0.2, -0.15) is 0 Å². The molecule has 0 saturated carbocycles. The van der Waals surface area contributed by atoms with Crippen molar-refractivity contribution in [2.24, 2.45) is 0 Å². The fourth-order valence-electron chi connectivity index (χ4n) is 1.94. The number of amides is 2. The first-order valence-electron chi connectivity index (χ1n) is 6.75. The Bertz CT molecular complexity index is 420. The average molecular weight is 262 g/mol. The molecule has 0 radical (unpaired) electrons. The molecular formula is C15H22N2O2. The topological polar surface area (TPSA) is 49.4 Å². The molecule has 0 saturated heterocycles. The van der Waals surface area contributed by atoms with Gasteiger partial charge >= 0.3 is 0 Å². The lowest BCUT2D eigenvalue weighted by molar-refractivity contribution is -0.114. The lowest BCUT2D eigenvalue weighted by Crippen LogP contribution is -2.32. The number of carbonyl (C=O) groups excluding carboxylic acids is 2. The second-order valence-electron chi connectivity index (χ2n) is 4.55. The van der Waals surface area contributed by atoms with Crippen LogP contribution in [0.15, 0.2) is 24.3 Å². The summed E-state index contributed by atoms with van der Waals surface area (Å²) in [6, 6.07) is 7.02. The van der Waals surface area contributed by atoms with E-state index in [0.717, 1.165) is 25.9 Å². The van der Waals surface area contributed by atoms with Gasteiger partial charge in [-0.3, -0.25) is 9.59 Å². The molecule has 1 rings (SSSR count). The minimum Gasteiger partial charge on any atom is -0.339 e. The fourth-order valence-corrected chi connectivity index (χ4v) is 1.94. The number of carbonyl (C=O) groups is 2. The summed E-state index contributed by atoms with van der Waals surface area (Å²) in [7, 11) is 0. The van der Waals surface area contributed by atoms with E-state index in [1.807, 2.05) is 4.90 Å². The summed E-state index contributed by atoms with van der Waals surface area (Å²) in [5.74, 6) is -0.0595. The Morgan fingerprint density at radius 1 is 1.05 bits per heavy atom. The van der Waals surface area contributed by atoms with Crippen LogP contribution in [0.1, 0.15) is 44.0 Å². The summed E-state index contributed by atoms with van der Waals surface area (Å²) < 4.78 is 0. The number of rotatable bonds is 6. The van der Waals surface area contributed by atoms with Crippen LogP contribution in [0.25, 0.3) is 0 Å². The lowest BCUT2D eigenvalue weighted by atomic mass is 10.1. The van der Waals surface area contributed by atoms with Crippen LogP contribution in [-0.4, -0.2) is 29.8 Å². The molecule has 1 N–H and O–H groups in total. The molecule has 0 aliphatic heterocycles. The fraction of sp³-hybridized carbons (Fsp3) is 0.467. The van der Waals surface area contributed by atoms with E-state index >= 15 is 0 Å². The molecule has 0 atom stereocenters. The standard InChI is InChI=1S/C15H22N2O2/c1-4-10-17(11-5-2)15(19)13-6-8-14(9-7-13)16-12(3)18/h6-9H,4-5,10-11H2,1-3H3,(H,16,18). The summed E-state index contributed by atoms with van der Waals surface area (Å²) in [5, 5.41) is 2.69.